The van der Waals surface area contributed by atoms with Crippen LogP contribution in [0.5, 0.6) is 11.5 Å². The average molecular weight is 428 g/mol. The normalized spacial score (nSPS) is 20.5. The molecular weight excluding hydrogens is 390 g/mol. The molecule has 3 rings (SSSR count). The van der Waals surface area contributed by atoms with Gasteiger partial charge in [0.15, 0.2) is 17.5 Å². The first-order valence-electron chi connectivity index (χ1n) is 11.2. The number of aryl methyl sites for hydroxylation is 1. The second-order valence-corrected chi connectivity index (χ2v) is 8.58. The summed E-state index contributed by atoms with van der Waals surface area (Å²) >= 11 is 0. The first-order valence-corrected chi connectivity index (χ1v) is 11.2. The van der Waals surface area contributed by atoms with Gasteiger partial charge in [0.1, 0.15) is 32.7 Å². The first-order chi connectivity index (χ1) is 14.9. The number of nitrogens with one attached hydrogen (secondary N) is 3. The number of quaternary nitrogens is 2. The van der Waals surface area contributed by atoms with Crippen LogP contribution in [0, 0.1) is 6.92 Å². The Balaban J connectivity index is 1.53. The van der Waals surface area contributed by atoms with Crippen LogP contribution in [0.3, 0.4) is 0 Å². The maximum Gasteiger partial charge on any atom is 0.278 e. The molecule has 168 valence electrons. The molecule has 1 aliphatic rings. The van der Waals surface area contributed by atoms with Crippen LogP contribution in [-0.4, -0.2) is 52.3 Å². The number of ether oxygens (including phenoxy) is 2. The van der Waals surface area contributed by atoms with Crippen molar-refractivity contribution in [2.45, 2.75) is 39.4 Å². The molecule has 1 aliphatic heterocycles. The second-order valence-electron chi connectivity index (χ2n) is 8.58. The molecule has 0 bridgehead atoms. The van der Waals surface area contributed by atoms with Crippen LogP contribution in [-0.2, 0) is 11.3 Å². The van der Waals surface area contributed by atoms with E-state index in [1.54, 1.807) is 19.1 Å². The minimum atomic E-state index is -0.0458. The molecule has 1 amide bonds. The third-order valence-electron chi connectivity index (χ3n) is 6.55. The second kappa shape index (κ2) is 10.6. The lowest BCUT2D eigenvalue weighted by Gasteiger charge is -2.33. The fourth-order valence-corrected chi connectivity index (χ4v) is 4.37. The van der Waals surface area contributed by atoms with E-state index in [2.05, 4.69) is 36.5 Å². The zero-order chi connectivity index (χ0) is 22.4. The fourth-order valence-electron chi connectivity index (χ4n) is 4.37. The van der Waals surface area contributed by atoms with Gasteiger partial charge < -0.3 is 24.6 Å². The molecule has 0 spiro atoms. The van der Waals surface area contributed by atoms with Gasteiger partial charge in [0.05, 0.1) is 20.3 Å². The lowest BCUT2D eigenvalue weighted by Crippen LogP contribution is -3.29. The number of hydrogen-bond acceptors (Lipinski definition) is 3. The molecule has 2 atom stereocenters. The fraction of sp³-hybridized carbons (Fsp3) is 0.480. The van der Waals surface area contributed by atoms with Gasteiger partial charge in [-0.15, -0.1) is 0 Å². The molecule has 0 aliphatic carbocycles. The number of hydrogen-bond donors (Lipinski definition) is 3. The Kier molecular flexibility index (Phi) is 7.93. The predicted octanol–water partition coefficient (Wildman–Crippen LogP) is 0.562. The van der Waals surface area contributed by atoms with Gasteiger partial charge in [-0.05, 0) is 44.0 Å². The largest absolute Gasteiger partial charge is 0.493 e. The molecule has 1 heterocycles. The van der Waals surface area contributed by atoms with Crippen molar-refractivity contribution >= 4 is 5.91 Å². The van der Waals surface area contributed by atoms with E-state index in [0.29, 0.717) is 0 Å². The summed E-state index contributed by atoms with van der Waals surface area (Å²) in [6, 6.07) is 14.3. The van der Waals surface area contributed by atoms with E-state index >= 15 is 0 Å². The van der Waals surface area contributed by atoms with Crippen molar-refractivity contribution in [2.75, 3.05) is 40.4 Å². The number of piperazine rings is 1. The quantitative estimate of drug-likeness (QED) is 0.577. The molecule has 0 unspecified atom stereocenters. The average Bonchev–Trinajstić information content (AvgIpc) is 2.80. The molecule has 0 aromatic heterocycles. The summed E-state index contributed by atoms with van der Waals surface area (Å²) < 4.78 is 10.9. The van der Waals surface area contributed by atoms with Crippen molar-refractivity contribution < 1.29 is 24.1 Å². The number of rotatable bonds is 8. The smallest absolute Gasteiger partial charge is 0.278 e. The Hall–Kier alpha value is -2.57. The van der Waals surface area contributed by atoms with Gasteiger partial charge in [-0.2, -0.15) is 0 Å². The Morgan fingerprint density at radius 2 is 1.61 bits per heavy atom. The standard InChI is InChI=1S/C25H35N3O3/c1-18-15-23(30-4)24(31-5)16-22(18)17-27-11-13-28(14-12-27)20(3)25(29)26-19(2)21-9-7-6-8-10-21/h6-10,15-16,19-20H,11-14,17H2,1-5H3,(H,26,29)/p+2/t19-,20+/m1/s1. The third kappa shape index (κ3) is 5.77. The van der Waals surface area contributed by atoms with E-state index in [1.165, 1.54) is 16.0 Å². The highest BCUT2D eigenvalue weighted by Crippen LogP contribution is 2.29. The van der Waals surface area contributed by atoms with Crippen molar-refractivity contribution in [3.05, 3.63) is 59.2 Å². The molecule has 3 N–H and O–H groups in total. The molecule has 6 nitrogen and oxygen atoms in total. The number of carbonyl (C=O) groups is 1. The van der Waals surface area contributed by atoms with Crippen LogP contribution < -0.4 is 24.6 Å². The number of carbonyl (C=O) groups excluding carboxylic acids is 1. The topological polar surface area (TPSA) is 56.4 Å². The SMILES string of the molecule is COc1cc(C)c(C[NH+]2CC[NH+]([C@@H](C)C(=O)N[C@H](C)c3ccccc3)CC2)cc1OC. The van der Waals surface area contributed by atoms with Crippen LogP contribution in [0.25, 0.3) is 0 Å². The molecule has 31 heavy (non-hydrogen) atoms. The Morgan fingerprint density at radius 1 is 1.00 bits per heavy atom. The number of amides is 1. The van der Waals surface area contributed by atoms with Crippen LogP contribution in [0.1, 0.15) is 36.6 Å². The number of benzene rings is 2. The van der Waals surface area contributed by atoms with Crippen LogP contribution in [0.15, 0.2) is 42.5 Å². The summed E-state index contributed by atoms with van der Waals surface area (Å²) in [4.78, 5) is 15.7. The van der Waals surface area contributed by atoms with Crippen molar-refractivity contribution in [1.29, 1.82) is 0 Å². The maximum atomic E-state index is 12.8. The van der Waals surface area contributed by atoms with Crippen molar-refractivity contribution in [3.63, 3.8) is 0 Å². The van der Waals surface area contributed by atoms with E-state index < -0.39 is 0 Å². The van der Waals surface area contributed by atoms with E-state index in [1.807, 2.05) is 32.0 Å². The zero-order valence-electron chi connectivity index (χ0n) is 19.5. The Bertz CT molecular complexity index is 864. The lowest BCUT2D eigenvalue weighted by molar-refractivity contribution is -1.02. The zero-order valence-corrected chi connectivity index (χ0v) is 19.5. The van der Waals surface area contributed by atoms with E-state index in [-0.39, 0.29) is 18.0 Å². The Morgan fingerprint density at radius 3 is 2.23 bits per heavy atom. The highest BCUT2D eigenvalue weighted by Gasteiger charge is 2.32. The van der Waals surface area contributed by atoms with Crippen molar-refractivity contribution in [2.24, 2.45) is 0 Å². The van der Waals surface area contributed by atoms with Gasteiger partial charge in [0, 0.05) is 5.56 Å². The van der Waals surface area contributed by atoms with Crippen molar-refractivity contribution in [3.8, 4) is 11.5 Å². The van der Waals surface area contributed by atoms with Crippen LogP contribution >= 0.6 is 0 Å². The Labute approximate surface area is 186 Å². The van der Waals surface area contributed by atoms with E-state index in [4.69, 9.17) is 9.47 Å². The molecule has 0 saturated carbocycles. The van der Waals surface area contributed by atoms with Crippen LogP contribution in [0.2, 0.25) is 0 Å². The molecule has 0 radical (unpaired) electrons. The van der Waals surface area contributed by atoms with Gasteiger partial charge in [0.2, 0.25) is 0 Å². The van der Waals surface area contributed by atoms with Crippen LogP contribution in [0.4, 0.5) is 0 Å². The number of methoxy groups -OCH3 is 2. The predicted molar refractivity (Wildman–Crippen MR) is 122 cm³/mol. The third-order valence-corrected chi connectivity index (χ3v) is 6.55. The minimum absolute atomic E-state index is 0.0236. The summed E-state index contributed by atoms with van der Waals surface area (Å²) in [6.45, 7) is 11.3. The lowest BCUT2D eigenvalue weighted by atomic mass is 10.1. The summed E-state index contributed by atoms with van der Waals surface area (Å²) in [5, 5.41) is 3.18. The summed E-state index contributed by atoms with van der Waals surface area (Å²) in [6.07, 6.45) is 0. The summed E-state index contributed by atoms with van der Waals surface area (Å²) in [5.74, 6) is 1.69. The van der Waals surface area contributed by atoms with Gasteiger partial charge in [-0.1, -0.05) is 30.3 Å². The van der Waals surface area contributed by atoms with E-state index in [9.17, 15) is 4.79 Å². The van der Waals surface area contributed by atoms with Gasteiger partial charge in [0.25, 0.3) is 5.91 Å². The molecule has 1 fully saturated rings. The molecule has 2 aromatic rings. The van der Waals surface area contributed by atoms with E-state index in [0.717, 1.165) is 49.8 Å². The molecule has 2 aromatic carbocycles. The summed E-state index contributed by atoms with van der Waals surface area (Å²) in [5.41, 5.74) is 3.65. The van der Waals surface area contributed by atoms with Crippen molar-refractivity contribution in [1.82, 2.24) is 5.32 Å². The van der Waals surface area contributed by atoms with Gasteiger partial charge >= 0.3 is 0 Å². The monoisotopic (exact) mass is 427 g/mol. The first kappa shape index (κ1) is 23.1. The van der Waals surface area contributed by atoms with Gasteiger partial charge in [-0.3, -0.25) is 4.79 Å². The minimum Gasteiger partial charge on any atom is -0.493 e. The molecular formula is C25H37N3O3+2. The van der Waals surface area contributed by atoms with Gasteiger partial charge in [-0.25, -0.2) is 0 Å². The summed E-state index contributed by atoms with van der Waals surface area (Å²) in [7, 11) is 3.35. The maximum absolute atomic E-state index is 12.8. The highest BCUT2D eigenvalue weighted by molar-refractivity contribution is 5.80. The highest BCUT2D eigenvalue weighted by atomic mass is 16.5. The molecule has 6 heteroatoms. The molecule has 1 saturated heterocycles.